The van der Waals surface area contributed by atoms with Crippen molar-refractivity contribution in [2.75, 3.05) is 26.7 Å². The van der Waals surface area contributed by atoms with Crippen LogP contribution in [0.3, 0.4) is 0 Å². The van der Waals surface area contributed by atoms with Gasteiger partial charge >= 0.3 is 5.97 Å². The Balaban J connectivity index is 2.45. The molecule has 1 heterocycles. The van der Waals surface area contributed by atoms with Crippen molar-refractivity contribution in [1.29, 1.82) is 0 Å². The maximum atomic E-state index is 12.0. The van der Waals surface area contributed by atoms with Gasteiger partial charge in [-0.05, 0) is 12.3 Å². The molecule has 1 aliphatic heterocycles. The molecule has 1 fully saturated rings. The summed E-state index contributed by atoms with van der Waals surface area (Å²) in [5.41, 5.74) is -0.654. The Morgan fingerprint density at radius 2 is 2.00 bits per heavy atom. The third-order valence-electron chi connectivity index (χ3n) is 4.05. The summed E-state index contributed by atoms with van der Waals surface area (Å²) in [6.45, 7) is 7.00. The minimum atomic E-state index is -0.654. The number of esters is 1. The van der Waals surface area contributed by atoms with Crippen LogP contribution in [0.5, 0.6) is 0 Å². The van der Waals surface area contributed by atoms with Crippen LogP contribution in [-0.4, -0.2) is 60.3 Å². The fourth-order valence-corrected chi connectivity index (χ4v) is 2.34. The largest absolute Gasteiger partial charge is 0.467 e. The van der Waals surface area contributed by atoms with Crippen molar-refractivity contribution >= 4 is 11.9 Å². The molecule has 116 valence electrons. The van der Waals surface area contributed by atoms with Gasteiger partial charge < -0.3 is 15.2 Å². The number of rotatable bonds is 7. The summed E-state index contributed by atoms with van der Waals surface area (Å²) < 4.78 is 4.72. The molecule has 0 aromatic carbocycles. The Bertz CT molecular complexity index is 353. The lowest BCUT2D eigenvalue weighted by atomic mass is 9.91. The topological polar surface area (TPSA) is 78.9 Å². The highest BCUT2D eigenvalue weighted by atomic mass is 16.5. The van der Waals surface area contributed by atoms with E-state index in [2.05, 4.69) is 5.32 Å². The van der Waals surface area contributed by atoms with E-state index in [0.29, 0.717) is 19.5 Å². The molecule has 0 aromatic rings. The molecular formula is C14H26N2O4. The maximum absolute atomic E-state index is 12.0. The Kier molecular flexibility index (Phi) is 5.95. The van der Waals surface area contributed by atoms with Crippen LogP contribution in [-0.2, 0) is 14.3 Å². The van der Waals surface area contributed by atoms with Crippen LogP contribution in [0.1, 0.15) is 33.6 Å². The zero-order valence-electron chi connectivity index (χ0n) is 12.8. The highest BCUT2D eigenvalue weighted by molar-refractivity contribution is 5.85. The van der Waals surface area contributed by atoms with Crippen LogP contribution in [0.4, 0.5) is 0 Å². The molecule has 2 atom stereocenters. The number of nitrogens with one attached hydrogen (secondary N) is 1. The molecule has 0 radical (unpaired) electrons. The average molecular weight is 286 g/mol. The number of likely N-dealkylation sites (tertiary alicyclic amines) is 1. The molecule has 1 aliphatic rings. The highest BCUT2D eigenvalue weighted by Crippen LogP contribution is 2.23. The van der Waals surface area contributed by atoms with Gasteiger partial charge in [-0.1, -0.05) is 27.2 Å². The van der Waals surface area contributed by atoms with Gasteiger partial charge in [0.05, 0.1) is 19.3 Å². The lowest BCUT2D eigenvalue weighted by Gasteiger charge is -2.45. The molecule has 2 N–H and O–H groups in total. The van der Waals surface area contributed by atoms with Crippen LogP contribution in [0.25, 0.3) is 0 Å². The van der Waals surface area contributed by atoms with E-state index >= 15 is 0 Å². The monoisotopic (exact) mass is 286 g/mol. The van der Waals surface area contributed by atoms with Gasteiger partial charge in [-0.2, -0.15) is 0 Å². The van der Waals surface area contributed by atoms with Crippen molar-refractivity contribution < 1.29 is 19.4 Å². The summed E-state index contributed by atoms with van der Waals surface area (Å²) in [4.78, 5) is 25.5. The predicted molar refractivity (Wildman–Crippen MR) is 75.1 cm³/mol. The normalized spacial score (nSPS) is 20.6. The summed E-state index contributed by atoms with van der Waals surface area (Å²) in [7, 11) is 1.32. The predicted octanol–water partition coefficient (Wildman–Crippen LogP) is 0.147. The van der Waals surface area contributed by atoms with E-state index in [1.807, 2.05) is 25.7 Å². The van der Waals surface area contributed by atoms with E-state index in [0.717, 1.165) is 6.42 Å². The third kappa shape index (κ3) is 4.18. The van der Waals surface area contributed by atoms with Gasteiger partial charge in [-0.3, -0.25) is 9.69 Å². The molecule has 0 spiro atoms. The van der Waals surface area contributed by atoms with E-state index in [1.54, 1.807) is 0 Å². The SMILES string of the molecule is CCC(C)C(NC(=O)CN1CC(O)(CC)C1)C(=O)OC. The minimum absolute atomic E-state index is 0.0235. The van der Waals surface area contributed by atoms with E-state index in [1.165, 1.54) is 7.11 Å². The first-order valence-electron chi connectivity index (χ1n) is 7.17. The maximum Gasteiger partial charge on any atom is 0.328 e. The van der Waals surface area contributed by atoms with E-state index in [-0.39, 0.29) is 18.4 Å². The van der Waals surface area contributed by atoms with Crippen LogP contribution < -0.4 is 5.32 Å². The lowest BCUT2D eigenvalue weighted by Crippen LogP contribution is -2.63. The number of ether oxygens (including phenoxy) is 1. The Morgan fingerprint density at radius 3 is 2.45 bits per heavy atom. The Hall–Kier alpha value is -1.14. The van der Waals surface area contributed by atoms with Crippen LogP contribution in [0, 0.1) is 5.92 Å². The first-order chi connectivity index (χ1) is 9.35. The van der Waals surface area contributed by atoms with Gasteiger partial charge in [-0.25, -0.2) is 4.79 Å². The first-order valence-corrected chi connectivity index (χ1v) is 7.17. The fraction of sp³-hybridized carbons (Fsp3) is 0.857. The minimum Gasteiger partial charge on any atom is -0.467 e. The second-order valence-corrected chi connectivity index (χ2v) is 5.68. The van der Waals surface area contributed by atoms with Gasteiger partial charge in [0.15, 0.2) is 0 Å². The fourth-order valence-electron chi connectivity index (χ4n) is 2.34. The number of aliphatic hydroxyl groups is 1. The smallest absolute Gasteiger partial charge is 0.328 e. The molecule has 1 rings (SSSR count). The number of hydrogen-bond acceptors (Lipinski definition) is 5. The molecule has 1 saturated heterocycles. The Morgan fingerprint density at radius 1 is 1.40 bits per heavy atom. The summed E-state index contributed by atoms with van der Waals surface area (Å²) in [6, 6.07) is -0.608. The molecule has 6 nitrogen and oxygen atoms in total. The summed E-state index contributed by atoms with van der Waals surface area (Å²) in [5.74, 6) is -0.601. The zero-order valence-corrected chi connectivity index (χ0v) is 12.8. The number of methoxy groups -OCH3 is 1. The molecule has 0 aromatic heterocycles. The van der Waals surface area contributed by atoms with Gasteiger partial charge in [0.1, 0.15) is 6.04 Å². The quantitative estimate of drug-likeness (QED) is 0.651. The van der Waals surface area contributed by atoms with Crippen molar-refractivity contribution in [2.45, 2.75) is 45.3 Å². The van der Waals surface area contributed by atoms with Gasteiger partial charge in [-0.15, -0.1) is 0 Å². The third-order valence-corrected chi connectivity index (χ3v) is 4.05. The van der Waals surface area contributed by atoms with E-state index < -0.39 is 17.6 Å². The summed E-state index contributed by atoms with van der Waals surface area (Å²) >= 11 is 0. The number of carbonyl (C=O) groups excluding carboxylic acids is 2. The van der Waals surface area contributed by atoms with Crippen molar-refractivity contribution in [3.05, 3.63) is 0 Å². The number of carbonyl (C=O) groups is 2. The average Bonchev–Trinajstić information content (AvgIpc) is 2.41. The van der Waals surface area contributed by atoms with Crippen molar-refractivity contribution in [1.82, 2.24) is 10.2 Å². The van der Waals surface area contributed by atoms with Crippen molar-refractivity contribution in [2.24, 2.45) is 5.92 Å². The van der Waals surface area contributed by atoms with Gasteiger partial charge in [0.2, 0.25) is 5.91 Å². The molecule has 0 bridgehead atoms. The number of amides is 1. The number of β-amino-alcohol motifs (C(OH)–C–C–N with tert-alkyl or cyclic N) is 1. The lowest BCUT2D eigenvalue weighted by molar-refractivity contribution is -0.148. The van der Waals surface area contributed by atoms with Crippen LogP contribution in [0.2, 0.25) is 0 Å². The highest BCUT2D eigenvalue weighted by Gasteiger charge is 2.40. The molecule has 6 heteroatoms. The molecule has 2 unspecified atom stereocenters. The second kappa shape index (κ2) is 7.04. The second-order valence-electron chi connectivity index (χ2n) is 5.68. The summed E-state index contributed by atoms with van der Waals surface area (Å²) in [6.07, 6.45) is 1.46. The van der Waals surface area contributed by atoms with Crippen molar-refractivity contribution in [3.63, 3.8) is 0 Å². The van der Waals surface area contributed by atoms with Gasteiger partial charge in [0.25, 0.3) is 0 Å². The molecular weight excluding hydrogens is 260 g/mol. The Labute approximate surface area is 120 Å². The molecule has 0 saturated carbocycles. The molecule has 0 aliphatic carbocycles. The van der Waals surface area contributed by atoms with Crippen LogP contribution in [0.15, 0.2) is 0 Å². The van der Waals surface area contributed by atoms with E-state index in [9.17, 15) is 14.7 Å². The zero-order chi connectivity index (χ0) is 15.3. The molecule has 20 heavy (non-hydrogen) atoms. The van der Waals surface area contributed by atoms with Crippen LogP contribution >= 0.6 is 0 Å². The van der Waals surface area contributed by atoms with E-state index in [4.69, 9.17) is 4.74 Å². The van der Waals surface area contributed by atoms with Crippen molar-refractivity contribution in [3.8, 4) is 0 Å². The number of hydrogen-bond donors (Lipinski definition) is 2. The first kappa shape index (κ1) is 16.9. The number of nitrogens with zero attached hydrogens (tertiary/aromatic N) is 1. The summed E-state index contributed by atoms with van der Waals surface area (Å²) in [5, 5.41) is 12.6. The molecule has 1 amide bonds. The van der Waals surface area contributed by atoms with Gasteiger partial charge in [0, 0.05) is 13.1 Å². The standard InChI is InChI=1S/C14H26N2O4/c1-5-10(3)12(13(18)20-4)15-11(17)7-16-8-14(19,6-2)9-16/h10,12,19H,5-9H2,1-4H3,(H,15,17).